The first-order valence-corrected chi connectivity index (χ1v) is 4.69. The van der Waals surface area contributed by atoms with Crippen molar-refractivity contribution in [3.8, 4) is 0 Å². The molecule has 90 valence electrons. The number of hydrogen-bond acceptors (Lipinski definition) is 2. The average molecular weight is 227 g/mol. The van der Waals surface area contributed by atoms with Gasteiger partial charge in [0.05, 0.1) is 0 Å². The van der Waals surface area contributed by atoms with Crippen molar-refractivity contribution in [1.29, 1.82) is 0 Å². The summed E-state index contributed by atoms with van der Waals surface area (Å²) in [5.41, 5.74) is 5.55. The Kier molecular flexibility index (Phi) is 6.07. The summed E-state index contributed by atoms with van der Waals surface area (Å²) in [4.78, 5) is 10.8. The second-order valence-electron chi connectivity index (χ2n) is 3.18. The number of amides is 2. The van der Waals surface area contributed by atoms with Crippen molar-refractivity contribution < 1.29 is 18.0 Å². The number of urea groups is 1. The Bertz CT molecular complexity index is 196. The number of nitrogens with one attached hydrogen (secondary N) is 2. The van der Waals surface area contributed by atoms with Crippen molar-refractivity contribution in [3.63, 3.8) is 0 Å². The summed E-state index contributed by atoms with van der Waals surface area (Å²) in [7, 11) is 0. The Labute approximate surface area is 86.4 Å². The van der Waals surface area contributed by atoms with E-state index >= 15 is 0 Å². The number of carbonyl (C=O) groups is 1. The van der Waals surface area contributed by atoms with Crippen LogP contribution in [-0.4, -0.2) is 31.3 Å². The molecule has 2 amide bonds. The van der Waals surface area contributed by atoms with Gasteiger partial charge < -0.3 is 16.4 Å². The molecule has 0 aromatic carbocycles. The molecule has 0 heterocycles. The van der Waals surface area contributed by atoms with E-state index in [1.54, 1.807) is 5.32 Å². The zero-order chi connectivity index (χ0) is 11.9. The first-order valence-electron chi connectivity index (χ1n) is 4.69. The van der Waals surface area contributed by atoms with E-state index in [1.807, 2.05) is 6.92 Å². The molecule has 0 saturated carbocycles. The topological polar surface area (TPSA) is 67.1 Å². The van der Waals surface area contributed by atoms with Gasteiger partial charge in [0.1, 0.15) is 6.54 Å². The second-order valence-corrected chi connectivity index (χ2v) is 3.18. The molecule has 0 rings (SSSR count). The van der Waals surface area contributed by atoms with E-state index in [0.29, 0.717) is 6.42 Å². The van der Waals surface area contributed by atoms with Crippen LogP contribution in [0.25, 0.3) is 0 Å². The minimum absolute atomic E-state index is 0.0343. The van der Waals surface area contributed by atoms with Crippen molar-refractivity contribution in [1.82, 2.24) is 10.6 Å². The minimum atomic E-state index is -4.38. The van der Waals surface area contributed by atoms with Crippen molar-refractivity contribution in [2.75, 3.05) is 13.1 Å². The van der Waals surface area contributed by atoms with Gasteiger partial charge in [0.25, 0.3) is 0 Å². The van der Waals surface area contributed by atoms with Gasteiger partial charge >= 0.3 is 12.2 Å². The number of alkyl halides is 3. The molecule has 0 fully saturated rings. The van der Waals surface area contributed by atoms with Crippen LogP contribution in [0.5, 0.6) is 0 Å². The van der Waals surface area contributed by atoms with Crippen LogP contribution in [0.3, 0.4) is 0 Å². The molecular weight excluding hydrogens is 211 g/mol. The van der Waals surface area contributed by atoms with Crippen LogP contribution < -0.4 is 16.4 Å². The fraction of sp³-hybridized carbons (Fsp3) is 0.875. The summed E-state index contributed by atoms with van der Waals surface area (Å²) in [5.74, 6) is 0. The molecular formula is C8H16F3N3O. The Hall–Kier alpha value is -0.980. The summed E-state index contributed by atoms with van der Waals surface area (Å²) in [6.07, 6.45) is -3.06. The van der Waals surface area contributed by atoms with Crippen molar-refractivity contribution in [2.45, 2.75) is 32.0 Å². The average Bonchev–Trinajstić information content (AvgIpc) is 2.13. The lowest BCUT2D eigenvalue weighted by Crippen LogP contribution is -2.42. The zero-order valence-electron chi connectivity index (χ0n) is 8.53. The Morgan fingerprint density at radius 2 is 2.00 bits per heavy atom. The highest BCUT2D eigenvalue weighted by atomic mass is 19.4. The molecule has 0 aromatic rings. The van der Waals surface area contributed by atoms with E-state index in [4.69, 9.17) is 5.73 Å². The fourth-order valence-electron chi connectivity index (χ4n) is 0.818. The molecule has 0 radical (unpaired) electrons. The van der Waals surface area contributed by atoms with Gasteiger partial charge in [-0.05, 0) is 12.8 Å². The Morgan fingerprint density at radius 1 is 1.40 bits per heavy atom. The smallest absolute Gasteiger partial charge is 0.338 e. The first kappa shape index (κ1) is 14.0. The highest BCUT2D eigenvalue weighted by molar-refractivity contribution is 5.73. The third-order valence-corrected chi connectivity index (χ3v) is 1.77. The van der Waals surface area contributed by atoms with E-state index in [2.05, 4.69) is 5.32 Å². The molecule has 0 aliphatic rings. The molecule has 0 aliphatic carbocycles. The molecule has 0 aromatic heterocycles. The molecule has 0 bridgehead atoms. The molecule has 7 heteroatoms. The summed E-state index contributed by atoms with van der Waals surface area (Å²) in [6, 6.07) is -0.858. The predicted molar refractivity (Wildman–Crippen MR) is 50.3 cm³/mol. The highest BCUT2D eigenvalue weighted by Crippen LogP contribution is 2.11. The number of rotatable bonds is 5. The van der Waals surface area contributed by atoms with Crippen molar-refractivity contribution in [2.24, 2.45) is 5.73 Å². The fourth-order valence-corrected chi connectivity index (χ4v) is 0.818. The second kappa shape index (κ2) is 6.49. The van der Waals surface area contributed by atoms with Crippen LogP contribution in [-0.2, 0) is 0 Å². The summed E-state index contributed by atoms with van der Waals surface area (Å²) >= 11 is 0. The van der Waals surface area contributed by atoms with E-state index < -0.39 is 18.8 Å². The normalized spacial score (nSPS) is 13.4. The van der Waals surface area contributed by atoms with Crippen LogP contribution in [0.15, 0.2) is 0 Å². The van der Waals surface area contributed by atoms with Gasteiger partial charge in [0.2, 0.25) is 0 Å². The minimum Gasteiger partial charge on any atom is -0.338 e. The van der Waals surface area contributed by atoms with Gasteiger partial charge in [-0.15, -0.1) is 0 Å². The summed E-state index contributed by atoms with van der Waals surface area (Å²) in [6.45, 7) is 0.853. The molecule has 4 nitrogen and oxygen atoms in total. The molecule has 1 unspecified atom stereocenters. The predicted octanol–water partition coefficient (Wildman–Crippen LogP) is 0.975. The third-order valence-electron chi connectivity index (χ3n) is 1.77. The van der Waals surface area contributed by atoms with Gasteiger partial charge in [-0.3, -0.25) is 0 Å². The number of halogens is 3. The van der Waals surface area contributed by atoms with Gasteiger partial charge in [0.15, 0.2) is 0 Å². The lowest BCUT2D eigenvalue weighted by Gasteiger charge is -2.11. The van der Waals surface area contributed by atoms with Crippen molar-refractivity contribution >= 4 is 6.03 Å². The Morgan fingerprint density at radius 3 is 2.47 bits per heavy atom. The lowest BCUT2D eigenvalue weighted by atomic mass is 10.2. The Balaban J connectivity index is 3.50. The van der Waals surface area contributed by atoms with Crippen LogP contribution in [0, 0.1) is 0 Å². The van der Waals surface area contributed by atoms with E-state index in [1.165, 1.54) is 0 Å². The van der Waals surface area contributed by atoms with E-state index in [-0.39, 0.29) is 12.6 Å². The van der Waals surface area contributed by atoms with Gasteiger partial charge in [-0.1, -0.05) is 6.92 Å². The number of carbonyl (C=O) groups excluding carboxylic acids is 1. The van der Waals surface area contributed by atoms with Crippen LogP contribution in [0.4, 0.5) is 18.0 Å². The molecule has 1 atom stereocenters. The van der Waals surface area contributed by atoms with Crippen LogP contribution in [0.2, 0.25) is 0 Å². The molecule has 4 N–H and O–H groups in total. The van der Waals surface area contributed by atoms with Crippen LogP contribution in [0.1, 0.15) is 19.8 Å². The quantitative estimate of drug-likeness (QED) is 0.655. The number of nitrogens with two attached hydrogens (primary N) is 1. The third kappa shape index (κ3) is 9.33. The zero-order valence-corrected chi connectivity index (χ0v) is 8.53. The maximum absolute atomic E-state index is 11.7. The van der Waals surface area contributed by atoms with Crippen molar-refractivity contribution in [3.05, 3.63) is 0 Å². The van der Waals surface area contributed by atoms with Gasteiger partial charge in [-0.25, -0.2) is 4.79 Å². The largest absolute Gasteiger partial charge is 0.405 e. The molecule has 15 heavy (non-hydrogen) atoms. The van der Waals surface area contributed by atoms with E-state index in [9.17, 15) is 18.0 Å². The lowest BCUT2D eigenvalue weighted by molar-refractivity contribution is -0.122. The van der Waals surface area contributed by atoms with Gasteiger partial charge in [0, 0.05) is 12.6 Å². The number of hydrogen-bond donors (Lipinski definition) is 3. The molecule has 0 aliphatic heterocycles. The first-order chi connectivity index (χ1) is 6.85. The summed E-state index contributed by atoms with van der Waals surface area (Å²) < 4.78 is 35.0. The van der Waals surface area contributed by atoms with E-state index in [0.717, 1.165) is 6.42 Å². The molecule has 0 spiro atoms. The standard InChI is InChI=1S/C8H16F3N3O/c1-2-6(12)3-4-13-7(15)14-5-8(9,10)11/h6H,2-5,12H2,1H3,(H2,13,14,15). The maximum Gasteiger partial charge on any atom is 0.405 e. The summed E-state index contributed by atoms with van der Waals surface area (Å²) in [5, 5.41) is 3.99. The molecule has 0 saturated heterocycles. The van der Waals surface area contributed by atoms with Crippen LogP contribution >= 0.6 is 0 Å². The highest BCUT2D eigenvalue weighted by Gasteiger charge is 2.27. The van der Waals surface area contributed by atoms with Gasteiger partial charge in [-0.2, -0.15) is 13.2 Å². The SMILES string of the molecule is CCC(N)CCNC(=O)NCC(F)(F)F. The maximum atomic E-state index is 11.7. The monoisotopic (exact) mass is 227 g/mol.